The minimum atomic E-state index is -0.0898. The Hall–Kier alpha value is -1.26. The van der Waals surface area contributed by atoms with Crippen molar-refractivity contribution in [1.29, 1.82) is 0 Å². The van der Waals surface area contributed by atoms with Crippen molar-refractivity contribution >= 4 is 12.4 Å². The van der Waals surface area contributed by atoms with Crippen LogP contribution in [0.15, 0.2) is 0 Å². The van der Waals surface area contributed by atoms with E-state index in [1.807, 2.05) is 0 Å². The molecule has 0 radical (unpaired) electrons. The zero-order chi connectivity index (χ0) is 10.9. The Morgan fingerprint density at radius 2 is 2.00 bits per heavy atom. The maximum atomic E-state index is 11.3. The molecule has 15 heavy (non-hydrogen) atoms. The largest absolute Gasteiger partial charge is 0.359 e. The number of urea groups is 1. The van der Waals surface area contributed by atoms with Crippen LogP contribution in [0.2, 0.25) is 0 Å². The maximum absolute atomic E-state index is 11.3. The van der Waals surface area contributed by atoms with Crippen LogP contribution >= 0.6 is 0 Å². The van der Waals surface area contributed by atoms with Crippen molar-refractivity contribution in [3.8, 4) is 0 Å². The van der Waals surface area contributed by atoms with E-state index in [0.717, 1.165) is 19.3 Å². The van der Waals surface area contributed by atoms with Crippen molar-refractivity contribution in [3.05, 3.63) is 0 Å². The molecule has 0 aromatic rings. The summed E-state index contributed by atoms with van der Waals surface area (Å²) in [5.74, 6) is 0. The van der Waals surface area contributed by atoms with Crippen molar-refractivity contribution in [2.24, 2.45) is 0 Å². The topological polar surface area (TPSA) is 70.2 Å². The Morgan fingerprint density at radius 3 is 2.67 bits per heavy atom. The fraction of sp³-hybridized carbons (Fsp3) is 0.800. The van der Waals surface area contributed by atoms with E-state index < -0.39 is 0 Å². The van der Waals surface area contributed by atoms with E-state index in [4.69, 9.17) is 0 Å². The number of hydrogen-bond donors (Lipinski definition) is 3. The molecule has 0 saturated heterocycles. The third-order valence-electron chi connectivity index (χ3n) is 2.56. The molecule has 1 aliphatic rings. The second-order valence-electron chi connectivity index (χ2n) is 3.81. The van der Waals surface area contributed by atoms with Crippen LogP contribution in [0.3, 0.4) is 0 Å². The molecule has 0 spiro atoms. The van der Waals surface area contributed by atoms with E-state index in [2.05, 4.69) is 16.0 Å². The summed E-state index contributed by atoms with van der Waals surface area (Å²) in [7, 11) is 0. The van der Waals surface area contributed by atoms with Crippen LogP contribution in [0, 0.1) is 0 Å². The predicted octanol–water partition coefficient (Wildman–Crippen LogP) is 0.364. The van der Waals surface area contributed by atoms with Gasteiger partial charge in [0.1, 0.15) is 0 Å². The Kier molecular flexibility index (Phi) is 5.58. The molecule has 1 saturated carbocycles. The quantitative estimate of drug-likeness (QED) is 0.440. The van der Waals surface area contributed by atoms with Gasteiger partial charge >= 0.3 is 6.03 Å². The zero-order valence-electron chi connectivity index (χ0n) is 8.92. The van der Waals surface area contributed by atoms with Crippen molar-refractivity contribution < 1.29 is 9.59 Å². The summed E-state index contributed by atoms with van der Waals surface area (Å²) < 4.78 is 0. The van der Waals surface area contributed by atoms with E-state index in [1.54, 1.807) is 0 Å². The summed E-state index contributed by atoms with van der Waals surface area (Å²) in [5, 5.41) is 8.24. The lowest BCUT2D eigenvalue weighted by atomic mass is 10.2. The SMILES string of the molecule is O=CNCCCNC(=O)NC1CCCC1. The molecule has 86 valence electrons. The van der Waals surface area contributed by atoms with Crippen LogP contribution in [0.1, 0.15) is 32.1 Å². The highest BCUT2D eigenvalue weighted by molar-refractivity contribution is 5.74. The van der Waals surface area contributed by atoms with Crippen molar-refractivity contribution in [2.45, 2.75) is 38.1 Å². The molecule has 0 aromatic carbocycles. The lowest BCUT2D eigenvalue weighted by molar-refractivity contribution is -0.109. The summed E-state index contributed by atoms with van der Waals surface area (Å²) >= 11 is 0. The van der Waals surface area contributed by atoms with Gasteiger partial charge in [0.2, 0.25) is 6.41 Å². The molecule has 0 aliphatic heterocycles. The molecular formula is C10H19N3O2. The van der Waals surface area contributed by atoms with Crippen LogP contribution < -0.4 is 16.0 Å². The van der Waals surface area contributed by atoms with Crippen molar-refractivity contribution in [1.82, 2.24) is 16.0 Å². The number of carbonyl (C=O) groups is 2. The fourth-order valence-corrected chi connectivity index (χ4v) is 1.76. The first-order valence-corrected chi connectivity index (χ1v) is 5.54. The minimum Gasteiger partial charge on any atom is -0.359 e. The normalized spacial score (nSPS) is 16.0. The zero-order valence-corrected chi connectivity index (χ0v) is 8.92. The van der Waals surface area contributed by atoms with Gasteiger partial charge in [0, 0.05) is 19.1 Å². The summed E-state index contributed by atoms with van der Waals surface area (Å²) in [6.45, 7) is 1.20. The van der Waals surface area contributed by atoms with Crippen LogP contribution in [0.4, 0.5) is 4.79 Å². The molecule has 5 nitrogen and oxygen atoms in total. The lowest BCUT2D eigenvalue weighted by Gasteiger charge is -2.12. The Morgan fingerprint density at radius 1 is 1.27 bits per heavy atom. The van der Waals surface area contributed by atoms with Crippen molar-refractivity contribution in [3.63, 3.8) is 0 Å². The summed E-state index contributed by atoms with van der Waals surface area (Å²) in [6.07, 6.45) is 6.05. The summed E-state index contributed by atoms with van der Waals surface area (Å²) in [5.41, 5.74) is 0. The second-order valence-corrected chi connectivity index (χ2v) is 3.81. The van der Waals surface area contributed by atoms with Gasteiger partial charge in [0.05, 0.1) is 0 Å². The third-order valence-corrected chi connectivity index (χ3v) is 2.56. The monoisotopic (exact) mass is 213 g/mol. The highest BCUT2D eigenvalue weighted by Crippen LogP contribution is 2.17. The maximum Gasteiger partial charge on any atom is 0.315 e. The van der Waals surface area contributed by atoms with Crippen LogP contribution in [0.5, 0.6) is 0 Å². The van der Waals surface area contributed by atoms with E-state index >= 15 is 0 Å². The van der Waals surface area contributed by atoms with Gasteiger partial charge in [-0.05, 0) is 19.3 Å². The second kappa shape index (κ2) is 7.09. The standard InChI is InChI=1S/C10H19N3O2/c14-8-11-6-3-7-12-10(15)13-9-4-1-2-5-9/h8-9H,1-7H2,(H,11,14)(H2,12,13,15). The van der Waals surface area contributed by atoms with Gasteiger partial charge in [-0.15, -0.1) is 0 Å². The van der Waals surface area contributed by atoms with E-state index in [1.165, 1.54) is 12.8 Å². The van der Waals surface area contributed by atoms with Crippen LogP contribution in [-0.2, 0) is 4.79 Å². The van der Waals surface area contributed by atoms with Gasteiger partial charge in [-0.3, -0.25) is 4.79 Å². The molecule has 1 rings (SSSR count). The molecular weight excluding hydrogens is 194 g/mol. The molecule has 3 N–H and O–H groups in total. The first-order valence-electron chi connectivity index (χ1n) is 5.54. The number of carbonyl (C=O) groups excluding carboxylic acids is 2. The molecule has 0 bridgehead atoms. The number of amides is 3. The van der Waals surface area contributed by atoms with Gasteiger partial charge in [-0.2, -0.15) is 0 Å². The van der Waals surface area contributed by atoms with E-state index in [9.17, 15) is 9.59 Å². The Balaban J connectivity index is 1.95. The van der Waals surface area contributed by atoms with Gasteiger partial charge in [0.15, 0.2) is 0 Å². The molecule has 0 unspecified atom stereocenters. The van der Waals surface area contributed by atoms with Crippen LogP contribution in [0.25, 0.3) is 0 Å². The van der Waals surface area contributed by atoms with Gasteiger partial charge in [-0.1, -0.05) is 12.8 Å². The Labute approximate surface area is 90.0 Å². The molecule has 0 atom stereocenters. The summed E-state index contributed by atoms with van der Waals surface area (Å²) in [4.78, 5) is 21.2. The predicted molar refractivity (Wildman–Crippen MR) is 57.5 cm³/mol. The molecule has 1 fully saturated rings. The summed E-state index contributed by atoms with van der Waals surface area (Å²) in [6, 6.07) is 0.270. The molecule has 5 heteroatoms. The number of rotatable bonds is 6. The van der Waals surface area contributed by atoms with E-state index in [0.29, 0.717) is 25.5 Å². The molecule has 0 aromatic heterocycles. The van der Waals surface area contributed by atoms with Gasteiger partial charge in [0.25, 0.3) is 0 Å². The minimum absolute atomic E-state index is 0.0898. The molecule has 0 heterocycles. The number of hydrogen-bond acceptors (Lipinski definition) is 2. The first kappa shape index (κ1) is 11.8. The fourth-order valence-electron chi connectivity index (χ4n) is 1.76. The van der Waals surface area contributed by atoms with Crippen molar-refractivity contribution in [2.75, 3.05) is 13.1 Å². The number of nitrogens with one attached hydrogen (secondary N) is 3. The van der Waals surface area contributed by atoms with Gasteiger partial charge in [-0.25, -0.2) is 4.79 Å². The Bertz CT molecular complexity index is 203. The highest BCUT2D eigenvalue weighted by Gasteiger charge is 2.16. The molecule has 3 amide bonds. The average Bonchev–Trinajstić information content (AvgIpc) is 2.70. The lowest BCUT2D eigenvalue weighted by Crippen LogP contribution is -2.41. The van der Waals surface area contributed by atoms with Crippen LogP contribution in [-0.4, -0.2) is 31.6 Å². The smallest absolute Gasteiger partial charge is 0.315 e. The van der Waals surface area contributed by atoms with E-state index in [-0.39, 0.29) is 6.03 Å². The average molecular weight is 213 g/mol. The third kappa shape index (κ3) is 5.24. The highest BCUT2D eigenvalue weighted by atomic mass is 16.2. The van der Waals surface area contributed by atoms with Gasteiger partial charge < -0.3 is 16.0 Å². The molecule has 1 aliphatic carbocycles. The first-order chi connectivity index (χ1) is 7.33.